The molecular formula is C21H20N4O7S. The highest BCUT2D eigenvalue weighted by Crippen LogP contribution is 2.46. The van der Waals surface area contributed by atoms with Gasteiger partial charge in [-0.25, -0.2) is 4.98 Å². The third-order valence-electron chi connectivity index (χ3n) is 4.54. The zero-order valence-electron chi connectivity index (χ0n) is 18.1. The van der Waals surface area contributed by atoms with Crippen LogP contribution in [0.4, 0.5) is 5.69 Å². The number of nitrogens with one attached hydrogen (secondary N) is 2. The van der Waals surface area contributed by atoms with Gasteiger partial charge < -0.3 is 14.2 Å². The van der Waals surface area contributed by atoms with Crippen molar-refractivity contribution >= 4 is 28.8 Å². The predicted octanol–water partition coefficient (Wildman–Crippen LogP) is 3.13. The number of carbonyl (C=O) groups is 2. The zero-order valence-corrected chi connectivity index (χ0v) is 18.9. The molecule has 0 aliphatic heterocycles. The number of nitro groups is 1. The summed E-state index contributed by atoms with van der Waals surface area (Å²) < 4.78 is 15.4. The van der Waals surface area contributed by atoms with Crippen molar-refractivity contribution in [3.8, 4) is 27.8 Å². The summed E-state index contributed by atoms with van der Waals surface area (Å²) in [6.45, 7) is 1.67. The van der Waals surface area contributed by atoms with Crippen molar-refractivity contribution < 1.29 is 28.7 Å². The zero-order chi connectivity index (χ0) is 24.1. The Morgan fingerprint density at radius 1 is 1.00 bits per heavy atom. The molecule has 12 heteroatoms. The molecule has 2 amide bonds. The Morgan fingerprint density at radius 2 is 1.64 bits per heavy atom. The lowest BCUT2D eigenvalue weighted by Gasteiger charge is -2.15. The molecule has 172 valence electrons. The summed E-state index contributed by atoms with van der Waals surface area (Å²) >= 11 is 1.15. The van der Waals surface area contributed by atoms with Crippen molar-refractivity contribution in [2.75, 3.05) is 21.3 Å². The van der Waals surface area contributed by atoms with Crippen LogP contribution in [0.2, 0.25) is 0 Å². The van der Waals surface area contributed by atoms with E-state index in [9.17, 15) is 19.7 Å². The van der Waals surface area contributed by atoms with Crippen LogP contribution in [0.3, 0.4) is 0 Å². The number of nitrogens with zero attached hydrogens (tertiary/aromatic N) is 2. The molecule has 2 N–H and O–H groups in total. The van der Waals surface area contributed by atoms with Crippen LogP contribution in [-0.4, -0.2) is 43.1 Å². The van der Waals surface area contributed by atoms with Crippen LogP contribution >= 0.6 is 11.3 Å². The molecule has 33 heavy (non-hydrogen) atoms. The number of methoxy groups -OCH3 is 3. The molecule has 11 nitrogen and oxygen atoms in total. The number of ether oxygens (including phenoxy) is 3. The third-order valence-corrected chi connectivity index (χ3v) is 5.75. The molecule has 3 rings (SSSR count). The molecular weight excluding hydrogens is 452 g/mol. The average Bonchev–Trinajstić information content (AvgIpc) is 3.22. The number of nitro benzene ring substituents is 1. The lowest BCUT2D eigenvalue weighted by Crippen LogP contribution is -2.41. The van der Waals surface area contributed by atoms with Gasteiger partial charge in [0.15, 0.2) is 5.75 Å². The maximum Gasteiger partial charge on any atom is 0.327 e. The van der Waals surface area contributed by atoms with Crippen LogP contribution in [0, 0.1) is 17.0 Å². The molecule has 0 unspecified atom stereocenters. The minimum Gasteiger partial charge on any atom is -0.493 e. The van der Waals surface area contributed by atoms with Crippen molar-refractivity contribution in [3.63, 3.8) is 0 Å². The van der Waals surface area contributed by atoms with Crippen molar-refractivity contribution in [2.24, 2.45) is 0 Å². The van der Waals surface area contributed by atoms with Gasteiger partial charge in [0.2, 0.25) is 11.5 Å². The van der Waals surface area contributed by atoms with Gasteiger partial charge in [0, 0.05) is 11.6 Å². The number of amides is 2. The van der Waals surface area contributed by atoms with Gasteiger partial charge in [-0.1, -0.05) is 30.3 Å². The number of hydrogen-bond acceptors (Lipinski definition) is 9. The monoisotopic (exact) mass is 472 g/mol. The summed E-state index contributed by atoms with van der Waals surface area (Å²) in [5.41, 5.74) is 4.76. The van der Waals surface area contributed by atoms with E-state index in [-0.39, 0.29) is 27.7 Å². The highest BCUT2D eigenvalue weighted by molar-refractivity contribution is 7.17. The summed E-state index contributed by atoms with van der Waals surface area (Å²) in [7, 11) is 3.79. The highest BCUT2D eigenvalue weighted by Gasteiger charge is 2.32. The fourth-order valence-electron chi connectivity index (χ4n) is 3.04. The van der Waals surface area contributed by atoms with Crippen LogP contribution in [0.15, 0.2) is 36.4 Å². The van der Waals surface area contributed by atoms with Gasteiger partial charge in [-0.05, 0) is 6.92 Å². The first-order chi connectivity index (χ1) is 15.8. The quantitative estimate of drug-likeness (QED) is 0.395. The molecule has 0 spiro atoms. The van der Waals surface area contributed by atoms with E-state index in [1.54, 1.807) is 6.92 Å². The van der Waals surface area contributed by atoms with Crippen LogP contribution < -0.4 is 25.1 Å². The normalized spacial score (nSPS) is 10.3. The molecule has 1 heterocycles. The van der Waals surface area contributed by atoms with Crippen LogP contribution in [0.1, 0.15) is 25.7 Å². The summed E-state index contributed by atoms with van der Waals surface area (Å²) in [5.74, 6) is -1.84. The number of benzene rings is 2. The van der Waals surface area contributed by atoms with E-state index in [1.807, 2.05) is 30.3 Å². The topological polar surface area (TPSA) is 142 Å². The lowest BCUT2D eigenvalue weighted by atomic mass is 10.1. The minimum atomic E-state index is -0.945. The van der Waals surface area contributed by atoms with Gasteiger partial charge in [-0.15, -0.1) is 11.3 Å². The van der Waals surface area contributed by atoms with Gasteiger partial charge in [-0.2, -0.15) is 0 Å². The number of carbonyl (C=O) groups excluding carboxylic acids is 2. The Hall–Kier alpha value is -4.19. The Labute approximate surface area is 192 Å². The number of aryl methyl sites for hydroxylation is 1. The Bertz CT molecular complexity index is 1210. The van der Waals surface area contributed by atoms with Gasteiger partial charge >= 0.3 is 5.69 Å². The number of rotatable bonds is 7. The van der Waals surface area contributed by atoms with Gasteiger partial charge in [0.05, 0.1) is 31.9 Å². The molecule has 0 bridgehead atoms. The van der Waals surface area contributed by atoms with E-state index in [1.165, 1.54) is 21.3 Å². The van der Waals surface area contributed by atoms with Crippen molar-refractivity contribution in [1.29, 1.82) is 0 Å². The van der Waals surface area contributed by atoms with Crippen LogP contribution in [-0.2, 0) is 0 Å². The lowest BCUT2D eigenvalue weighted by molar-refractivity contribution is -0.386. The molecule has 2 aromatic carbocycles. The van der Waals surface area contributed by atoms with E-state index in [2.05, 4.69) is 15.8 Å². The predicted molar refractivity (Wildman–Crippen MR) is 120 cm³/mol. The van der Waals surface area contributed by atoms with Crippen LogP contribution in [0.5, 0.6) is 17.2 Å². The maximum absolute atomic E-state index is 12.8. The first-order valence-corrected chi connectivity index (χ1v) is 10.2. The first kappa shape index (κ1) is 23.5. The van der Waals surface area contributed by atoms with E-state index in [0.29, 0.717) is 10.7 Å². The number of hydrogen-bond donors (Lipinski definition) is 2. The fraction of sp³-hybridized carbons (Fsp3) is 0.190. The highest BCUT2D eigenvalue weighted by atomic mass is 32.1. The SMILES string of the molecule is COc1cc(C(=O)NNC(=O)c2sc(-c3ccccc3)nc2C)c([N+](=O)[O-])c(OC)c1OC. The van der Waals surface area contributed by atoms with E-state index in [0.717, 1.165) is 23.0 Å². The summed E-state index contributed by atoms with van der Waals surface area (Å²) in [5, 5.41) is 12.3. The second kappa shape index (κ2) is 9.96. The minimum absolute atomic E-state index is 0.0407. The average molecular weight is 472 g/mol. The summed E-state index contributed by atoms with van der Waals surface area (Å²) in [4.78, 5) is 41.0. The van der Waals surface area contributed by atoms with Crippen LogP contribution in [0.25, 0.3) is 10.6 Å². The van der Waals surface area contributed by atoms with Gasteiger partial charge in [0.25, 0.3) is 11.8 Å². The Balaban J connectivity index is 1.86. The van der Waals surface area contributed by atoms with E-state index < -0.39 is 22.4 Å². The van der Waals surface area contributed by atoms with E-state index in [4.69, 9.17) is 14.2 Å². The standard InChI is InChI=1S/C21H20N4O7S/c1-11-18(33-21(22-11)12-8-6-5-7-9-12)20(27)24-23-19(26)13-10-14(30-2)16(31-3)17(32-4)15(13)25(28)29/h5-10H,1-4H3,(H,23,26)(H,24,27). The second-order valence-electron chi connectivity index (χ2n) is 6.51. The van der Waals surface area contributed by atoms with E-state index >= 15 is 0 Å². The molecule has 0 fully saturated rings. The molecule has 0 atom stereocenters. The summed E-state index contributed by atoms with van der Waals surface area (Å²) in [6, 6.07) is 10.4. The molecule has 0 aliphatic rings. The molecule has 0 saturated carbocycles. The second-order valence-corrected chi connectivity index (χ2v) is 7.51. The largest absolute Gasteiger partial charge is 0.493 e. The Kier molecular flexibility index (Phi) is 7.08. The van der Waals surface area contributed by atoms with Crippen molar-refractivity contribution in [3.05, 3.63) is 62.6 Å². The third kappa shape index (κ3) is 4.70. The number of thiazole rings is 1. The molecule has 1 aromatic heterocycles. The first-order valence-electron chi connectivity index (χ1n) is 9.43. The molecule has 3 aromatic rings. The van der Waals surface area contributed by atoms with Crippen molar-refractivity contribution in [1.82, 2.24) is 15.8 Å². The van der Waals surface area contributed by atoms with Gasteiger partial charge in [0.1, 0.15) is 15.4 Å². The smallest absolute Gasteiger partial charge is 0.327 e. The fourth-order valence-corrected chi connectivity index (χ4v) is 4.01. The molecule has 0 radical (unpaired) electrons. The van der Waals surface area contributed by atoms with Crippen molar-refractivity contribution in [2.45, 2.75) is 6.92 Å². The molecule has 0 saturated heterocycles. The van der Waals surface area contributed by atoms with Gasteiger partial charge in [-0.3, -0.25) is 30.6 Å². The number of hydrazine groups is 1. The summed E-state index contributed by atoms with van der Waals surface area (Å²) in [6.07, 6.45) is 0. The Morgan fingerprint density at radius 3 is 2.21 bits per heavy atom. The number of aromatic nitrogens is 1. The maximum atomic E-state index is 12.8. The molecule has 0 aliphatic carbocycles.